The van der Waals surface area contributed by atoms with Crippen molar-refractivity contribution in [1.29, 1.82) is 0 Å². The van der Waals surface area contributed by atoms with Gasteiger partial charge in [0.1, 0.15) is 24.4 Å². The van der Waals surface area contributed by atoms with Crippen molar-refractivity contribution < 1.29 is 39.8 Å². The maximum atomic E-state index is 13.1. The topological polar surface area (TPSA) is 149 Å². The molecule has 0 saturated carbocycles. The maximum absolute atomic E-state index is 13.1. The van der Waals surface area contributed by atoms with Gasteiger partial charge in [-0.15, -0.1) is 0 Å². The Morgan fingerprint density at radius 1 is 0.472 bits per heavy atom. The van der Waals surface area contributed by atoms with E-state index in [1.165, 1.54) is 180 Å². The number of ether oxygens (including phenoxy) is 2. The van der Waals surface area contributed by atoms with Gasteiger partial charge in [-0.05, 0) is 83.5 Å². The summed E-state index contributed by atoms with van der Waals surface area (Å²) in [7, 11) is 0. The number of aliphatic hydroxyl groups is 5. The summed E-state index contributed by atoms with van der Waals surface area (Å²) in [4.78, 5) is 13.1. The highest BCUT2D eigenvalue weighted by Gasteiger charge is 2.44. The number of hydrogen-bond acceptors (Lipinski definition) is 8. The molecule has 1 amide bonds. The molecule has 0 aromatic heterocycles. The second kappa shape index (κ2) is 52.1. The van der Waals surface area contributed by atoms with Crippen LogP contribution in [0.15, 0.2) is 72.9 Å². The van der Waals surface area contributed by atoms with Gasteiger partial charge < -0.3 is 40.3 Å². The lowest BCUT2D eigenvalue weighted by Crippen LogP contribution is -2.60. The summed E-state index contributed by atoms with van der Waals surface area (Å²) in [6.45, 7) is 3.74. The van der Waals surface area contributed by atoms with E-state index in [9.17, 15) is 30.3 Å². The molecule has 0 aromatic rings. The molecule has 72 heavy (non-hydrogen) atoms. The van der Waals surface area contributed by atoms with Gasteiger partial charge in [0.05, 0.1) is 25.4 Å². The second-order valence-electron chi connectivity index (χ2n) is 20.8. The number of allylic oxidation sites excluding steroid dienone is 11. The van der Waals surface area contributed by atoms with Crippen LogP contribution in [0.1, 0.15) is 264 Å². The normalized spacial score (nSPS) is 19.7. The molecule has 1 aliphatic heterocycles. The van der Waals surface area contributed by atoms with Crippen LogP contribution in [-0.4, -0.2) is 87.5 Å². The van der Waals surface area contributed by atoms with Gasteiger partial charge in [-0.3, -0.25) is 4.79 Å². The van der Waals surface area contributed by atoms with Crippen LogP contribution in [0.25, 0.3) is 0 Å². The van der Waals surface area contributed by atoms with Crippen LogP contribution >= 0.6 is 0 Å². The molecule has 7 atom stereocenters. The molecule has 1 heterocycles. The van der Waals surface area contributed by atoms with Crippen LogP contribution in [-0.2, 0) is 14.3 Å². The minimum atomic E-state index is -1.58. The number of rotatable bonds is 51. The Morgan fingerprint density at radius 2 is 0.833 bits per heavy atom. The number of unbranched alkanes of at least 4 members (excludes halogenated alkanes) is 31. The highest BCUT2D eigenvalue weighted by Crippen LogP contribution is 2.23. The zero-order valence-corrected chi connectivity index (χ0v) is 46.4. The van der Waals surface area contributed by atoms with Crippen LogP contribution in [0.5, 0.6) is 0 Å². The van der Waals surface area contributed by atoms with E-state index in [-0.39, 0.29) is 12.5 Å². The Hall–Kier alpha value is -2.37. The first-order chi connectivity index (χ1) is 35.3. The first-order valence-corrected chi connectivity index (χ1v) is 30.2. The molecule has 418 valence electrons. The van der Waals surface area contributed by atoms with Crippen LogP contribution in [0, 0.1) is 0 Å². The molecule has 7 unspecified atom stereocenters. The van der Waals surface area contributed by atoms with E-state index in [2.05, 4.69) is 79.9 Å². The Morgan fingerprint density at radius 3 is 1.26 bits per heavy atom. The fourth-order valence-electron chi connectivity index (χ4n) is 9.20. The maximum Gasteiger partial charge on any atom is 0.220 e. The molecule has 9 heteroatoms. The molecule has 0 bridgehead atoms. The third-order valence-corrected chi connectivity index (χ3v) is 14.0. The Kier molecular flexibility index (Phi) is 48.9. The van der Waals surface area contributed by atoms with Crippen molar-refractivity contribution in [2.45, 2.75) is 307 Å². The summed E-state index contributed by atoms with van der Waals surface area (Å²) >= 11 is 0. The van der Waals surface area contributed by atoms with Gasteiger partial charge >= 0.3 is 0 Å². The van der Waals surface area contributed by atoms with Crippen molar-refractivity contribution in [1.82, 2.24) is 5.32 Å². The van der Waals surface area contributed by atoms with Crippen molar-refractivity contribution in [3.63, 3.8) is 0 Å². The zero-order chi connectivity index (χ0) is 52.2. The SMILES string of the molecule is CCCCCCC/C=C\C/C=C\C/C=C\CCCCCCCCCCCCCCCCCCCCC(=O)NC(COC1OC(CO)C(O)C(O)C1O)C(O)/C=C/CC/C=C/CC/C=C/CCCCCCCC. The van der Waals surface area contributed by atoms with Crippen LogP contribution in [0.4, 0.5) is 0 Å². The molecular weight excluding hydrogens is 899 g/mol. The molecule has 0 radical (unpaired) electrons. The average molecular weight is 1010 g/mol. The van der Waals surface area contributed by atoms with Crippen molar-refractivity contribution in [3.05, 3.63) is 72.9 Å². The second-order valence-corrected chi connectivity index (χ2v) is 20.8. The molecule has 1 aliphatic rings. The van der Waals surface area contributed by atoms with Gasteiger partial charge in [-0.1, -0.05) is 247 Å². The van der Waals surface area contributed by atoms with Gasteiger partial charge in [0.2, 0.25) is 5.91 Å². The highest BCUT2D eigenvalue weighted by atomic mass is 16.7. The summed E-state index contributed by atoms with van der Waals surface area (Å²) in [6.07, 6.45) is 65.5. The van der Waals surface area contributed by atoms with Gasteiger partial charge in [0, 0.05) is 6.42 Å². The number of amides is 1. The predicted molar refractivity (Wildman–Crippen MR) is 304 cm³/mol. The van der Waals surface area contributed by atoms with Gasteiger partial charge in [0.15, 0.2) is 6.29 Å². The fraction of sp³-hybridized carbons (Fsp3) is 0.794. The smallest absolute Gasteiger partial charge is 0.220 e. The Bertz CT molecular complexity index is 1360. The van der Waals surface area contributed by atoms with E-state index in [0.717, 1.165) is 64.2 Å². The number of aliphatic hydroxyl groups excluding tert-OH is 5. The van der Waals surface area contributed by atoms with Gasteiger partial charge in [-0.2, -0.15) is 0 Å². The highest BCUT2D eigenvalue weighted by molar-refractivity contribution is 5.76. The summed E-state index contributed by atoms with van der Waals surface area (Å²) in [5, 5.41) is 54.4. The molecule has 0 aliphatic carbocycles. The van der Waals surface area contributed by atoms with Gasteiger partial charge in [0.25, 0.3) is 0 Å². The summed E-state index contributed by atoms with van der Waals surface area (Å²) in [5.41, 5.74) is 0. The predicted octanol–water partition coefficient (Wildman–Crippen LogP) is 15.2. The van der Waals surface area contributed by atoms with Crippen LogP contribution in [0.2, 0.25) is 0 Å². The van der Waals surface area contributed by atoms with Crippen LogP contribution in [0.3, 0.4) is 0 Å². The third kappa shape index (κ3) is 40.9. The number of hydrogen-bond donors (Lipinski definition) is 6. The van der Waals surface area contributed by atoms with Gasteiger partial charge in [-0.25, -0.2) is 0 Å². The molecular formula is C63H113NO8. The summed E-state index contributed by atoms with van der Waals surface area (Å²) in [5.74, 6) is -0.190. The molecule has 6 N–H and O–H groups in total. The van der Waals surface area contributed by atoms with E-state index >= 15 is 0 Å². The van der Waals surface area contributed by atoms with E-state index in [1.807, 2.05) is 6.08 Å². The number of nitrogens with one attached hydrogen (secondary N) is 1. The average Bonchev–Trinajstić information content (AvgIpc) is 3.38. The van der Waals surface area contributed by atoms with Crippen molar-refractivity contribution >= 4 is 5.91 Å². The lowest BCUT2D eigenvalue weighted by atomic mass is 9.99. The lowest BCUT2D eigenvalue weighted by Gasteiger charge is -2.40. The molecule has 1 rings (SSSR count). The minimum Gasteiger partial charge on any atom is -0.394 e. The molecule has 9 nitrogen and oxygen atoms in total. The zero-order valence-electron chi connectivity index (χ0n) is 46.4. The monoisotopic (exact) mass is 1010 g/mol. The van der Waals surface area contributed by atoms with Crippen LogP contribution < -0.4 is 5.32 Å². The molecule has 0 aromatic carbocycles. The molecule has 0 spiro atoms. The first kappa shape index (κ1) is 67.6. The van der Waals surface area contributed by atoms with Crippen molar-refractivity contribution in [2.75, 3.05) is 13.2 Å². The minimum absolute atomic E-state index is 0.190. The summed E-state index contributed by atoms with van der Waals surface area (Å²) < 4.78 is 11.2. The van der Waals surface area contributed by atoms with E-state index < -0.39 is 49.5 Å². The lowest BCUT2D eigenvalue weighted by molar-refractivity contribution is -0.302. The number of carbonyl (C=O) groups excluding carboxylic acids is 1. The number of carbonyl (C=O) groups is 1. The van der Waals surface area contributed by atoms with E-state index in [1.54, 1.807) is 6.08 Å². The standard InChI is InChI=1S/C63H113NO8/c1-3-5-7-9-11-13-15-17-19-21-22-23-24-25-26-27-28-29-30-31-32-33-34-35-36-37-39-41-43-45-47-49-51-53-59(67)64-56(55-71-63-62(70)61(69)60(68)58(54-65)72-63)57(66)52-50-48-46-44-42-40-38-20-18-16-14-12-10-8-6-4-2/h15,17-18,20-22,24-25,42,44,50,52,56-58,60-63,65-66,68-70H,3-14,16,19,23,26-41,43,45-49,51,53-55H2,1-2H3,(H,64,67)/b17-15-,20-18+,22-21-,25-24-,44-42+,52-50+. The van der Waals surface area contributed by atoms with Crippen molar-refractivity contribution in [3.8, 4) is 0 Å². The third-order valence-electron chi connectivity index (χ3n) is 14.0. The summed E-state index contributed by atoms with van der Waals surface area (Å²) in [6, 6.07) is -0.830. The molecule has 1 saturated heterocycles. The first-order valence-electron chi connectivity index (χ1n) is 30.2. The van der Waals surface area contributed by atoms with Crippen molar-refractivity contribution in [2.24, 2.45) is 0 Å². The quantitative estimate of drug-likeness (QED) is 0.0261. The molecule has 1 fully saturated rings. The Labute approximate surface area is 442 Å². The van der Waals surface area contributed by atoms with E-state index in [4.69, 9.17) is 9.47 Å². The largest absolute Gasteiger partial charge is 0.394 e. The Balaban J connectivity index is 2.16. The van der Waals surface area contributed by atoms with E-state index in [0.29, 0.717) is 6.42 Å². The fourth-order valence-corrected chi connectivity index (χ4v) is 9.20.